The third-order valence-electron chi connectivity index (χ3n) is 2.21. The van der Waals surface area contributed by atoms with E-state index < -0.39 is 7.12 Å². The molecular weight excluding hydrogens is 199 g/mol. The number of aryl methyl sites for hydroxylation is 1. The molecule has 0 aliphatic carbocycles. The molecule has 3 nitrogen and oxygen atoms in total. The first kappa shape index (κ1) is 9.52. The van der Waals surface area contributed by atoms with Gasteiger partial charge in [0.25, 0.3) is 0 Å². The van der Waals surface area contributed by atoms with Gasteiger partial charge in [0.15, 0.2) is 0 Å². The monoisotopic (exact) mass is 208 g/mol. The lowest BCUT2D eigenvalue weighted by Crippen LogP contribution is -2.30. The lowest BCUT2D eigenvalue weighted by Gasteiger charge is -2.04. The second-order valence-electron chi connectivity index (χ2n) is 3.17. The van der Waals surface area contributed by atoms with E-state index in [9.17, 15) is 5.11 Å². The Morgan fingerprint density at radius 2 is 2.00 bits per heavy atom. The zero-order valence-corrected chi connectivity index (χ0v) is 8.38. The molecule has 0 saturated carbocycles. The van der Waals surface area contributed by atoms with Crippen molar-refractivity contribution in [2.24, 2.45) is 0 Å². The van der Waals surface area contributed by atoms with Gasteiger partial charge in [-0.2, -0.15) is 0 Å². The molecule has 72 valence electrons. The Kier molecular flexibility index (Phi) is 2.22. The normalized spacial score (nSPS) is 10.8. The number of thiophene rings is 1. The molecule has 0 spiro atoms. The van der Waals surface area contributed by atoms with E-state index in [1.165, 1.54) is 11.3 Å². The van der Waals surface area contributed by atoms with Crippen molar-refractivity contribution in [3.63, 3.8) is 0 Å². The number of hydrogen-bond donors (Lipinski definition) is 3. The van der Waals surface area contributed by atoms with E-state index in [1.807, 2.05) is 13.0 Å². The summed E-state index contributed by atoms with van der Waals surface area (Å²) in [4.78, 5) is 0. The maximum atomic E-state index is 9.55. The second-order valence-corrected chi connectivity index (χ2v) is 4.05. The van der Waals surface area contributed by atoms with Gasteiger partial charge >= 0.3 is 7.12 Å². The third kappa shape index (κ3) is 1.30. The highest BCUT2D eigenvalue weighted by Gasteiger charge is 2.18. The predicted molar refractivity (Wildman–Crippen MR) is 58.1 cm³/mol. The van der Waals surface area contributed by atoms with Crippen molar-refractivity contribution < 1.29 is 15.2 Å². The molecule has 0 amide bonds. The van der Waals surface area contributed by atoms with Crippen molar-refractivity contribution in [1.82, 2.24) is 0 Å². The summed E-state index contributed by atoms with van der Waals surface area (Å²) in [6, 6.07) is 3.43. The van der Waals surface area contributed by atoms with Gasteiger partial charge in [0, 0.05) is 15.5 Å². The van der Waals surface area contributed by atoms with Gasteiger partial charge in [-0.15, -0.1) is 11.3 Å². The zero-order chi connectivity index (χ0) is 10.3. The van der Waals surface area contributed by atoms with Crippen molar-refractivity contribution >= 4 is 34.0 Å². The molecule has 0 saturated heterocycles. The van der Waals surface area contributed by atoms with E-state index in [2.05, 4.69) is 0 Å². The molecule has 1 heterocycles. The summed E-state index contributed by atoms with van der Waals surface area (Å²) in [5.41, 5.74) is 1.37. The van der Waals surface area contributed by atoms with E-state index >= 15 is 0 Å². The molecule has 1 aromatic carbocycles. The van der Waals surface area contributed by atoms with Crippen molar-refractivity contribution in [2.45, 2.75) is 6.92 Å². The Hall–Kier alpha value is -1.04. The minimum Gasteiger partial charge on any atom is -0.506 e. The first-order valence-corrected chi connectivity index (χ1v) is 5.05. The van der Waals surface area contributed by atoms with Gasteiger partial charge < -0.3 is 15.2 Å². The molecule has 0 radical (unpaired) electrons. The highest BCUT2D eigenvalue weighted by molar-refractivity contribution is 7.18. The Labute approximate surface area is 85.4 Å². The summed E-state index contributed by atoms with van der Waals surface area (Å²) in [5.74, 6) is 0.108. The van der Waals surface area contributed by atoms with Crippen LogP contribution in [-0.4, -0.2) is 22.3 Å². The predicted octanol–water partition coefficient (Wildman–Crippen LogP) is 0.595. The Morgan fingerprint density at radius 3 is 2.64 bits per heavy atom. The molecule has 5 heteroatoms. The molecule has 14 heavy (non-hydrogen) atoms. The van der Waals surface area contributed by atoms with Gasteiger partial charge in [0.2, 0.25) is 0 Å². The van der Waals surface area contributed by atoms with Gasteiger partial charge in [-0.1, -0.05) is 12.1 Å². The highest BCUT2D eigenvalue weighted by atomic mass is 32.1. The van der Waals surface area contributed by atoms with Crippen molar-refractivity contribution in [2.75, 3.05) is 0 Å². The van der Waals surface area contributed by atoms with Crippen LogP contribution in [0.5, 0.6) is 5.75 Å². The Morgan fingerprint density at radius 1 is 1.29 bits per heavy atom. The van der Waals surface area contributed by atoms with Crippen LogP contribution in [0.1, 0.15) is 5.56 Å². The first-order chi connectivity index (χ1) is 6.61. The molecule has 1 aromatic heterocycles. The number of fused-ring (bicyclic) bond motifs is 1. The lowest BCUT2D eigenvalue weighted by atomic mass is 9.77. The molecule has 0 atom stereocenters. The van der Waals surface area contributed by atoms with Crippen LogP contribution in [-0.2, 0) is 0 Å². The molecule has 2 rings (SSSR count). The van der Waals surface area contributed by atoms with E-state index in [-0.39, 0.29) is 5.75 Å². The second kappa shape index (κ2) is 3.27. The van der Waals surface area contributed by atoms with Crippen LogP contribution in [0.15, 0.2) is 17.5 Å². The molecule has 0 bridgehead atoms. The van der Waals surface area contributed by atoms with E-state index in [4.69, 9.17) is 10.0 Å². The van der Waals surface area contributed by atoms with Gasteiger partial charge in [-0.05, 0) is 17.9 Å². The minimum atomic E-state index is -1.54. The van der Waals surface area contributed by atoms with Gasteiger partial charge in [0.05, 0.1) is 0 Å². The summed E-state index contributed by atoms with van der Waals surface area (Å²) in [6.07, 6.45) is 0. The summed E-state index contributed by atoms with van der Waals surface area (Å²) < 4.78 is 0.896. The summed E-state index contributed by atoms with van der Waals surface area (Å²) >= 11 is 1.40. The molecule has 3 N–H and O–H groups in total. The van der Waals surface area contributed by atoms with E-state index in [1.54, 1.807) is 11.4 Å². The highest BCUT2D eigenvalue weighted by Crippen LogP contribution is 2.31. The summed E-state index contributed by atoms with van der Waals surface area (Å²) in [6.45, 7) is 1.92. The zero-order valence-electron chi connectivity index (χ0n) is 7.56. The quantitative estimate of drug-likeness (QED) is 0.601. The maximum Gasteiger partial charge on any atom is 0.489 e. The largest absolute Gasteiger partial charge is 0.506 e. The van der Waals surface area contributed by atoms with Crippen LogP contribution >= 0.6 is 11.3 Å². The Bertz CT molecular complexity index is 478. The fourth-order valence-corrected chi connectivity index (χ4v) is 2.45. The molecule has 2 aromatic rings. The van der Waals surface area contributed by atoms with Crippen molar-refractivity contribution in [3.05, 3.63) is 23.1 Å². The van der Waals surface area contributed by atoms with Gasteiger partial charge in [-0.3, -0.25) is 0 Å². The fraction of sp³-hybridized carbons (Fsp3) is 0.111. The number of rotatable bonds is 1. The third-order valence-corrected chi connectivity index (χ3v) is 3.31. The van der Waals surface area contributed by atoms with Crippen LogP contribution in [0.4, 0.5) is 0 Å². The van der Waals surface area contributed by atoms with Crippen LogP contribution in [0, 0.1) is 6.92 Å². The molecular formula is C9H9BO3S. The molecule has 0 unspecified atom stereocenters. The smallest absolute Gasteiger partial charge is 0.489 e. The van der Waals surface area contributed by atoms with E-state index in [0.717, 1.165) is 10.3 Å². The van der Waals surface area contributed by atoms with Crippen molar-refractivity contribution in [1.29, 1.82) is 0 Å². The SMILES string of the molecule is Cc1ccc(B(O)O)c2c(O)csc12. The number of aromatic hydroxyl groups is 1. The lowest BCUT2D eigenvalue weighted by molar-refractivity contribution is 0.425. The minimum absolute atomic E-state index is 0.108. The van der Waals surface area contributed by atoms with Gasteiger partial charge in [0.1, 0.15) is 5.75 Å². The van der Waals surface area contributed by atoms with Gasteiger partial charge in [-0.25, -0.2) is 0 Å². The van der Waals surface area contributed by atoms with Crippen LogP contribution in [0.25, 0.3) is 10.1 Å². The van der Waals surface area contributed by atoms with Crippen LogP contribution in [0.3, 0.4) is 0 Å². The number of hydrogen-bond acceptors (Lipinski definition) is 4. The standard InChI is InChI=1S/C9H9BO3S/c1-5-2-3-6(10(12)13)8-7(11)4-14-9(5)8/h2-4,11-13H,1H3. The topological polar surface area (TPSA) is 60.7 Å². The summed E-state index contributed by atoms with van der Waals surface area (Å²) in [7, 11) is -1.54. The molecule has 0 fully saturated rings. The Balaban J connectivity index is 2.85. The van der Waals surface area contributed by atoms with Crippen LogP contribution in [0.2, 0.25) is 0 Å². The fourth-order valence-electron chi connectivity index (χ4n) is 1.51. The molecule has 0 aliphatic rings. The van der Waals surface area contributed by atoms with Crippen molar-refractivity contribution in [3.8, 4) is 5.75 Å². The van der Waals surface area contributed by atoms with E-state index in [0.29, 0.717) is 10.8 Å². The maximum absolute atomic E-state index is 9.55. The average Bonchev–Trinajstić information content (AvgIpc) is 2.50. The first-order valence-electron chi connectivity index (χ1n) is 4.17. The summed E-state index contributed by atoms with van der Waals surface area (Å²) in [5, 5.41) is 29.9. The van der Waals surface area contributed by atoms with Crippen LogP contribution < -0.4 is 5.46 Å². The molecule has 0 aliphatic heterocycles. The average molecular weight is 208 g/mol. The number of benzene rings is 1.